The predicted octanol–water partition coefficient (Wildman–Crippen LogP) is 4.29. The Morgan fingerprint density at radius 2 is 2.20 bits per heavy atom. The number of Topliss-reactive ketones (excluding diaryl/α,β-unsaturated/α-hetero) is 1. The third-order valence-corrected chi connectivity index (χ3v) is 4.20. The summed E-state index contributed by atoms with van der Waals surface area (Å²) < 4.78 is 14.6. The first kappa shape index (κ1) is 13.4. The number of hydrogen-bond donors (Lipinski definition) is 0. The highest BCUT2D eigenvalue weighted by atomic mass is 79.9. The number of carbonyl (C=O) groups excluding carboxylic acids is 1. The maximum atomic E-state index is 13.9. The van der Waals surface area contributed by atoms with E-state index in [4.69, 9.17) is 0 Å². The Balaban J connectivity index is 2.02. The Bertz CT molecular complexity index is 671. The Kier molecular flexibility index (Phi) is 3.66. The fourth-order valence-electron chi connectivity index (χ4n) is 2.74. The van der Waals surface area contributed by atoms with Crippen LogP contribution < -0.4 is 0 Å². The Morgan fingerprint density at radius 1 is 1.35 bits per heavy atom. The summed E-state index contributed by atoms with van der Waals surface area (Å²) in [6, 6.07) is 8.35. The SMILES string of the molecule is O=C(c1cc(Br)ccc1F)C1CCCc2cccnc21. The number of nitrogens with zero attached hydrogens (tertiary/aromatic N) is 1. The summed E-state index contributed by atoms with van der Waals surface area (Å²) in [5.41, 5.74) is 2.05. The topological polar surface area (TPSA) is 30.0 Å². The van der Waals surface area contributed by atoms with Crippen LogP contribution in [0.15, 0.2) is 41.0 Å². The van der Waals surface area contributed by atoms with Crippen molar-refractivity contribution in [2.45, 2.75) is 25.2 Å². The summed E-state index contributed by atoms with van der Waals surface area (Å²) in [6.07, 6.45) is 4.30. The van der Waals surface area contributed by atoms with E-state index in [1.54, 1.807) is 18.3 Å². The molecule has 102 valence electrons. The number of rotatable bonds is 2. The van der Waals surface area contributed by atoms with Crippen molar-refractivity contribution in [3.63, 3.8) is 0 Å². The number of fused-ring (bicyclic) bond motifs is 1. The van der Waals surface area contributed by atoms with E-state index < -0.39 is 5.82 Å². The minimum absolute atomic E-state index is 0.142. The van der Waals surface area contributed by atoms with Crippen molar-refractivity contribution in [3.05, 3.63) is 63.6 Å². The number of ketones is 1. The molecule has 0 fully saturated rings. The van der Waals surface area contributed by atoms with Crippen molar-refractivity contribution in [3.8, 4) is 0 Å². The zero-order chi connectivity index (χ0) is 14.1. The summed E-state index contributed by atoms with van der Waals surface area (Å²) in [6.45, 7) is 0. The molecule has 0 aliphatic heterocycles. The summed E-state index contributed by atoms with van der Waals surface area (Å²) >= 11 is 3.29. The molecule has 1 aromatic carbocycles. The van der Waals surface area contributed by atoms with E-state index in [-0.39, 0.29) is 17.3 Å². The zero-order valence-corrected chi connectivity index (χ0v) is 12.4. The van der Waals surface area contributed by atoms with Crippen molar-refractivity contribution in [1.82, 2.24) is 4.98 Å². The molecule has 1 aliphatic rings. The van der Waals surface area contributed by atoms with Gasteiger partial charge in [-0.05, 0) is 49.1 Å². The summed E-state index contributed by atoms with van der Waals surface area (Å²) in [7, 11) is 0. The van der Waals surface area contributed by atoms with Gasteiger partial charge >= 0.3 is 0 Å². The number of pyridine rings is 1. The lowest BCUT2D eigenvalue weighted by Crippen LogP contribution is -2.21. The lowest BCUT2D eigenvalue weighted by atomic mass is 9.82. The molecule has 0 spiro atoms. The third-order valence-electron chi connectivity index (χ3n) is 3.71. The first-order valence-corrected chi connectivity index (χ1v) is 7.39. The molecule has 0 radical (unpaired) electrons. The third kappa shape index (κ3) is 2.40. The second-order valence-electron chi connectivity index (χ2n) is 4.98. The molecule has 1 heterocycles. The number of aromatic nitrogens is 1. The molecule has 1 atom stereocenters. The van der Waals surface area contributed by atoms with Crippen molar-refractivity contribution in [2.75, 3.05) is 0 Å². The minimum atomic E-state index is -0.471. The molecule has 1 aliphatic carbocycles. The van der Waals surface area contributed by atoms with Gasteiger partial charge in [0.15, 0.2) is 5.78 Å². The summed E-state index contributed by atoms with van der Waals surface area (Å²) in [5.74, 6) is -0.978. The van der Waals surface area contributed by atoms with Gasteiger partial charge in [0.25, 0.3) is 0 Å². The molecular formula is C16H13BrFNO. The van der Waals surface area contributed by atoms with Gasteiger partial charge in [-0.15, -0.1) is 0 Å². The van der Waals surface area contributed by atoms with Crippen LogP contribution in [-0.2, 0) is 6.42 Å². The van der Waals surface area contributed by atoms with E-state index in [1.165, 1.54) is 6.07 Å². The Hall–Kier alpha value is -1.55. The van der Waals surface area contributed by atoms with Gasteiger partial charge < -0.3 is 0 Å². The highest BCUT2D eigenvalue weighted by Crippen LogP contribution is 2.33. The molecule has 1 aromatic heterocycles. The standard InChI is InChI=1S/C16H13BrFNO/c17-11-6-7-14(18)13(9-11)16(20)12-5-1-3-10-4-2-8-19-15(10)12/h2,4,6-9,12H,1,3,5H2. The molecule has 2 nitrogen and oxygen atoms in total. The van der Waals surface area contributed by atoms with E-state index in [0.29, 0.717) is 4.47 Å². The van der Waals surface area contributed by atoms with Gasteiger partial charge in [0.2, 0.25) is 0 Å². The van der Waals surface area contributed by atoms with Crippen LogP contribution in [0.3, 0.4) is 0 Å². The Labute approximate surface area is 125 Å². The van der Waals surface area contributed by atoms with Crippen molar-refractivity contribution >= 4 is 21.7 Å². The van der Waals surface area contributed by atoms with Gasteiger partial charge in [-0.1, -0.05) is 22.0 Å². The number of halogens is 2. The molecule has 0 N–H and O–H groups in total. The molecule has 0 bridgehead atoms. The largest absolute Gasteiger partial charge is 0.293 e. The number of aryl methyl sites for hydroxylation is 1. The second-order valence-corrected chi connectivity index (χ2v) is 5.90. The van der Waals surface area contributed by atoms with Crippen LogP contribution in [0, 0.1) is 5.82 Å². The van der Waals surface area contributed by atoms with Crippen LogP contribution in [0.1, 0.15) is 40.4 Å². The molecule has 0 saturated carbocycles. The quantitative estimate of drug-likeness (QED) is 0.767. The van der Waals surface area contributed by atoms with Crippen LogP contribution in [0.4, 0.5) is 4.39 Å². The van der Waals surface area contributed by atoms with Gasteiger partial charge in [0, 0.05) is 10.7 Å². The van der Waals surface area contributed by atoms with E-state index in [1.807, 2.05) is 12.1 Å². The first-order chi connectivity index (χ1) is 9.66. The van der Waals surface area contributed by atoms with Gasteiger partial charge in [-0.2, -0.15) is 0 Å². The molecular weight excluding hydrogens is 321 g/mol. The molecule has 20 heavy (non-hydrogen) atoms. The fraction of sp³-hybridized carbons (Fsp3) is 0.250. The maximum Gasteiger partial charge on any atom is 0.174 e. The van der Waals surface area contributed by atoms with Crippen molar-refractivity contribution in [2.24, 2.45) is 0 Å². The van der Waals surface area contributed by atoms with Crippen molar-refractivity contribution < 1.29 is 9.18 Å². The van der Waals surface area contributed by atoms with Crippen LogP contribution in [0.5, 0.6) is 0 Å². The average Bonchev–Trinajstić information content (AvgIpc) is 2.48. The van der Waals surface area contributed by atoms with E-state index in [9.17, 15) is 9.18 Å². The normalized spacial score (nSPS) is 17.6. The van der Waals surface area contributed by atoms with Gasteiger partial charge in [-0.25, -0.2) is 4.39 Å². The number of benzene rings is 1. The van der Waals surface area contributed by atoms with Crippen LogP contribution in [-0.4, -0.2) is 10.8 Å². The fourth-order valence-corrected chi connectivity index (χ4v) is 3.10. The predicted molar refractivity (Wildman–Crippen MR) is 78.3 cm³/mol. The lowest BCUT2D eigenvalue weighted by Gasteiger charge is -2.23. The number of carbonyl (C=O) groups is 1. The van der Waals surface area contributed by atoms with Gasteiger partial charge in [0.1, 0.15) is 5.82 Å². The molecule has 2 aromatic rings. The highest BCUT2D eigenvalue weighted by Gasteiger charge is 2.29. The zero-order valence-electron chi connectivity index (χ0n) is 10.8. The maximum absolute atomic E-state index is 13.9. The number of hydrogen-bond acceptors (Lipinski definition) is 2. The lowest BCUT2D eigenvalue weighted by molar-refractivity contribution is 0.0945. The average molecular weight is 334 g/mol. The smallest absolute Gasteiger partial charge is 0.174 e. The monoisotopic (exact) mass is 333 g/mol. The van der Waals surface area contributed by atoms with Gasteiger partial charge in [0.05, 0.1) is 17.2 Å². The molecule has 1 unspecified atom stereocenters. The minimum Gasteiger partial charge on any atom is -0.293 e. The van der Waals surface area contributed by atoms with E-state index in [0.717, 1.165) is 30.5 Å². The van der Waals surface area contributed by atoms with Crippen LogP contribution >= 0.6 is 15.9 Å². The highest BCUT2D eigenvalue weighted by molar-refractivity contribution is 9.10. The van der Waals surface area contributed by atoms with Gasteiger partial charge in [-0.3, -0.25) is 9.78 Å². The summed E-state index contributed by atoms with van der Waals surface area (Å²) in [4.78, 5) is 17.0. The van der Waals surface area contributed by atoms with E-state index in [2.05, 4.69) is 20.9 Å². The molecule has 0 saturated heterocycles. The molecule has 4 heteroatoms. The first-order valence-electron chi connectivity index (χ1n) is 6.60. The molecule has 0 amide bonds. The Morgan fingerprint density at radius 3 is 3.05 bits per heavy atom. The van der Waals surface area contributed by atoms with Crippen LogP contribution in [0.25, 0.3) is 0 Å². The summed E-state index contributed by atoms with van der Waals surface area (Å²) in [5, 5.41) is 0. The van der Waals surface area contributed by atoms with Crippen molar-refractivity contribution in [1.29, 1.82) is 0 Å². The van der Waals surface area contributed by atoms with E-state index >= 15 is 0 Å². The second kappa shape index (κ2) is 5.44. The van der Waals surface area contributed by atoms with Crippen LogP contribution in [0.2, 0.25) is 0 Å². The molecule has 3 rings (SSSR count).